The van der Waals surface area contributed by atoms with Crippen molar-refractivity contribution in [3.05, 3.63) is 17.5 Å². The smallest absolute Gasteiger partial charge is 0.334 e. The van der Waals surface area contributed by atoms with E-state index < -0.39 is 18.1 Å². The third-order valence-corrected chi connectivity index (χ3v) is 2.38. The maximum atomic E-state index is 11.4. The number of nitrogens with one attached hydrogen (secondary N) is 3. The summed E-state index contributed by atoms with van der Waals surface area (Å²) in [5.41, 5.74) is 1.74. The third kappa shape index (κ3) is 4.06. The van der Waals surface area contributed by atoms with Crippen molar-refractivity contribution in [1.82, 2.24) is 20.8 Å². The third-order valence-electron chi connectivity index (χ3n) is 2.38. The molecule has 0 fully saturated rings. The average Bonchev–Trinajstić information content (AvgIpc) is 2.72. The molecule has 0 radical (unpaired) electrons. The van der Waals surface area contributed by atoms with Crippen LogP contribution in [-0.2, 0) is 16.1 Å². The normalized spacial score (nSPS) is 11.9. The number of ether oxygens (including phenoxy) is 1. The number of hydrogen-bond acceptors (Lipinski definition) is 4. The Kier molecular flexibility index (Phi) is 5.12. The van der Waals surface area contributed by atoms with Crippen LogP contribution in [-0.4, -0.2) is 47.1 Å². The van der Waals surface area contributed by atoms with Crippen molar-refractivity contribution in [2.45, 2.75) is 19.6 Å². The number of methoxy groups -OCH3 is 1. The summed E-state index contributed by atoms with van der Waals surface area (Å²) in [6, 6.07) is -0.459. The predicted molar refractivity (Wildman–Crippen MR) is 62.0 cm³/mol. The van der Waals surface area contributed by atoms with E-state index in [0.717, 1.165) is 11.3 Å². The van der Waals surface area contributed by atoms with Crippen molar-refractivity contribution in [2.75, 3.05) is 13.7 Å². The van der Waals surface area contributed by atoms with Gasteiger partial charge < -0.3 is 20.5 Å². The fraction of sp³-hybridized carbons (Fsp3) is 0.500. The summed E-state index contributed by atoms with van der Waals surface area (Å²) < 4.78 is 4.67. The lowest BCUT2D eigenvalue weighted by Crippen LogP contribution is -2.42. The van der Waals surface area contributed by atoms with Crippen LogP contribution >= 0.6 is 0 Å². The Morgan fingerprint density at radius 3 is 2.78 bits per heavy atom. The summed E-state index contributed by atoms with van der Waals surface area (Å²) in [6.07, 6.45) is 0.566. The van der Waals surface area contributed by atoms with Crippen molar-refractivity contribution in [1.29, 1.82) is 0 Å². The molecule has 0 saturated heterocycles. The lowest BCUT2D eigenvalue weighted by atomic mass is 10.3. The number of carboxylic acids is 1. The highest BCUT2D eigenvalue weighted by atomic mass is 16.5. The second kappa shape index (κ2) is 6.60. The van der Waals surface area contributed by atoms with Gasteiger partial charge in [-0.25, -0.2) is 9.59 Å². The van der Waals surface area contributed by atoms with Gasteiger partial charge in [-0.1, -0.05) is 0 Å². The summed E-state index contributed by atoms with van der Waals surface area (Å²) in [6.45, 7) is 2.06. The van der Waals surface area contributed by atoms with E-state index in [9.17, 15) is 9.59 Å². The van der Waals surface area contributed by atoms with Crippen LogP contribution in [0.1, 0.15) is 11.3 Å². The van der Waals surface area contributed by atoms with Gasteiger partial charge in [0, 0.05) is 24.9 Å². The maximum Gasteiger partial charge on any atom is 0.334 e. The maximum absolute atomic E-state index is 11.4. The van der Waals surface area contributed by atoms with Crippen molar-refractivity contribution in [3.8, 4) is 0 Å². The number of aryl methyl sites for hydroxylation is 1. The van der Waals surface area contributed by atoms with Gasteiger partial charge in [-0.15, -0.1) is 0 Å². The average molecular weight is 256 g/mol. The summed E-state index contributed by atoms with van der Waals surface area (Å²) in [5, 5.41) is 20.3. The molecular formula is C10H16N4O4. The van der Waals surface area contributed by atoms with Gasteiger partial charge in [0.15, 0.2) is 6.10 Å². The van der Waals surface area contributed by atoms with E-state index in [4.69, 9.17) is 5.11 Å². The summed E-state index contributed by atoms with van der Waals surface area (Å²) in [5.74, 6) is -1.12. The van der Waals surface area contributed by atoms with E-state index in [2.05, 4.69) is 25.6 Å². The molecule has 2 amide bonds. The minimum absolute atomic E-state index is 0.0952. The number of nitrogens with zero attached hydrogens (tertiary/aromatic N) is 1. The molecule has 0 saturated carbocycles. The van der Waals surface area contributed by atoms with Crippen molar-refractivity contribution in [3.63, 3.8) is 0 Å². The molecule has 0 spiro atoms. The molecule has 0 aliphatic carbocycles. The van der Waals surface area contributed by atoms with Crippen molar-refractivity contribution < 1.29 is 19.4 Å². The molecule has 0 aromatic carbocycles. The number of aromatic amines is 1. The Hall–Kier alpha value is -2.09. The van der Waals surface area contributed by atoms with Crippen LogP contribution < -0.4 is 10.6 Å². The Labute approximate surface area is 104 Å². The van der Waals surface area contributed by atoms with E-state index in [0.29, 0.717) is 6.54 Å². The number of aromatic nitrogens is 2. The summed E-state index contributed by atoms with van der Waals surface area (Å²) in [7, 11) is 1.27. The number of carbonyl (C=O) groups is 2. The number of urea groups is 1. The molecular weight excluding hydrogens is 240 g/mol. The molecule has 100 valence electrons. The first kappa shape index (κ1) is 14.0. The van der Waals surface area contributed by atoms with Gasteiger partial charge in [0.05, 0.1) is 12.7 Å². The number of carbonyl (C=O) groups excluding carboxylic acids is 1. The highest BCUT2D eigenvalue weighted by Gasteiger charge is 2.16. The lowest BCUT2D eigenvalue weighted by molar-refractivity contribution is -0.147. The number of amides is 2. The highest BCUT2D eigenvalue weighted by Crippen LogP contribution is 2.00. The molecule has 1 rings (SSSR count). The van der Waals surface area contributed by atoms with Crippen LogP contribution in [0.4, 0.5) is 4.79 Å². The molecule has 4 N–H and O–H groups in total. The molecule has 1 aromatic rings. The first-order chi connectivity index (χ1) is 8.54. The number of carboxylic acid groups (broad SMARTS) is 1. The van der Waals surface area contributed by atoms with Crippen LogP contribution in [0.5, 0.6) is 0 Å². The minimum atomic E-state index is -1.12. The number of hydrogen-bond donors (Lipinski definition) is 4. The number of aliphatic carboxylic acids is 1. The zero-order valence-corrected chi connectivity index (χ0v) is 10.2. The molecule has 1 unspecified atom stereocenters. The highest BCUT2D eigenvalue weighted by molar-refractivity contribution is 5.76. The first-order valence-corrected chi connectivity index (χ1v) is 5.30. The SMILES string of the molecule is COC(CNC(=O)NCc1cn[nH]c1C)C(=O)O. The van der Waals surface area contributed by atoms with Gasteiger partial charge in [-0.3, -0.25) is 5.10 Å². The standard InChI is InChI=1S/C10H16N4O4/c1-6-7(4-13-14-6)3-11-10(17)12-5-8(18-2)9(15)16/h4,8H,3,5H2,1-2H3,(H,13,14)(H,15,16)(H2,11,12,17). The van der Waals surface area contributed by atoms with Crippen LogP contribution in [0.15, 0.2) is 6.20 Å². The number of rotatable bonds is 6. The molecule has 0 bridgehead atoms. The van der Waals surface area contributed by atoms with Crippen LogP contribution in [0.3, 0.4) is 0 Å². The van der Waals surface area contributed by atoms with Gasteiger partial charge in [0.2, 0.25) is 0 Å². The Morgan fingerprint density at radius 1 is 1.56 bits per heavy atom. The van der Waals surface area contributed by atoms with Crippen molar-refractivity contribution in [2.24, 2.45) is 0 Å². The van der Waals surface area contributed by atoms with Gasteiger partial charge in [-0.05, 0) is 6.92 Å². The van der Waals surface area contributed by atoms with Gasteiger partial charge in [0.1, 0.15) is 0 Å². The minimum Gasteiger partial charge on any atom is -0.479 e. The Balaban J connectivity index is 2.30. The van der Waals surface area contributed by atoms with Gasteiger partial charge >= 0.3 is 12.0 Å². The quantitative estimate of drug-likeness (QED) is 0.553. The Morgan fingerprint density at radius 2 is 2.28 bits per heavy atom. The molecule has 18 heavy (non-hydrogen) atoms. The lowest BCUT2D eigenvalue weighted by Gasteiger charge is -2.12. The molecule has 0 aliphatic heterocycles. The molecule has 8 heteroatoms. The summed E-state index contributed by atoms with van der Waals surface area (Å²) in [4.78, 5) is 22.0. The monoisotopic (exact) mass is 256 g/mol. The van der Waals surface area contributed by atoms with Gasteiger partial charge in [-0.2, -0.15) is 5.10 Å². The zero-order valence-electron chi connectivity index (χ0n) is 10.2. The van der Waals surface area contributed by atoms with E-state index in [1.165, 1.54) is 7.11 Å². The molecule has 1 aromatic heterocycles. The predicted octanol–water partition coefficient (Wildman–Crippen LogP) is -0.383. The van der Waals surface area contributed by atoms with Crippen LogP contribution in [0.25, 0.3) is 0 Å². The van der Waals surface area contributed by atoms with E-state index in [1.807, 2.05) is 6.92 Å². The number of H-pyrrole nitrogens is 1. The van der Waals surface area contributed by atoms with Crippen molar-refractivity contribution >= 4 is 12.0 Å². The zero-order chi connectivity index (χ0) is 13.5. The van der Waals surface area contributed by atoms with Crippen LogP contribution in [0, 0.1) is 6.92 Å². The van der Waals surface area contributed by atoms with Gasteiger partial charge in [0.25, 0.3) is 0 Å². The molecule has 1 heterocycles. The van der Waals surface area contributed by atoms with Crippen LogP contribution in [0.2, 0.25) is 0 Å². The first-order valence-electron chi connectivity index (χ1n) is 5.30. The Bertz CT molecular complexity index is 418. The van der Waals surface area contributed by atoms with E-state index in [-0.39, 0.29) is 6.54 Å². The second-order valence-corrected chi connectivity index (χ2v) is 3.65. The second-order valence-electron chi connectivity index (χ2n) is 3.65. The van der Waals surface area contributed by atoms with E-state index >= 15 is 0 Å². The van der Waals surface area contributed by atoms with E-state index in [1.54, 1.807) is 6.20 Å². The fourth-order valence-corrected chi connectivity index (χ4v) is 1.25. The fourth-order valence-electron chi connectivity index (χ4n) is 1.25. The molecule has 1 atom stereocenters. The summed E-state index contributed by atoms with van der Waals surface area (Å²) >= 11 is 0. The largest absolute Gasteiger partial charge is 0.479 e. The topological polar surface area (TPSA) is 116 Å². The molecule has 0 aliphatic rings. The molecule has 8 nitrogen and oxygen atoms in total.